The molecule has 0 saturated carbocycles. The lowest BCUT2D eigenvalue weighted by molar-refractivity contribution is -0.113. The van der Waals surface area contributed by atoms with E-state index in [1.165, 1.54) is 4.90 Å². The van der Waals surface area contributed by atoms with Gasteiger partial charge in [-0.1, -0.05) is 29.8 Å². The molecule has 2 heterocycles. The third kappa shape index (κ3) is 3.28. The van der Waals surface area contributed by atoms with Crippen molar-refractivity contribution in [3.05, 3.63) is 87.5 Å². The summed E-state index contributed by atoms with van der Waals surface area (Å²) in [6.45, 7) is 4.00. The summed E-state index contributed by atoms with van der Waals surface area (Å²) in [6.07, 6.45) is 1.79. The number of rotatable bonds is 3. The standard InChI is InChI=1S/C22H17ClN2O2S/c1-14-12-16(15(2)24(14)19-10-8-17(23)9-11-19)13-20-21(26)25(22(27)28-20)18-6-4-3-5-7-18/h3-13H,1-2H3. The second-order valence-corrected chi connectivity index (χ2v) is 7.92. The topological polar surface area (TPSA) is 42.3 Å². The lowest BCUT2D eigenvalue weighted by atomic mass is 10.2. The molecule has 28 heavy (non-hydrogen) atoms. The minimum atomic E-state index is -0.294. The quantitative estimate of drug-likeness (QED) is 0.500. The second-order valence-electron chi connectivity index (χ2n) is 6.49. The van der Waals surface area contributed by atoms with E-state index < -0.39 is 0 Å². The molecule has 4 rings (SSSR count). The summed E-state index contributed by atoms with van der Waals surface area (Å²) in [4.78, 5) is 26.9. The largest absolute Gasteiger partial charge is 0.318 e. The molecule has 1 aliphatic heterocycles. The number of benzene rings is 2. The lowest BCUT2D eigenvalue weighted by Gasteiger charge is -2.11. The highest BCUT2D eigenvalue weighted by Crippen LogP contribution is 2.36. The normalized spacial score (nSPS) is 15.7. The van der Waals surface area contributed by atoms with Gasteiger partial charge in [0.05, 0.1) is 10.6 Å². The number of aromatic nitrogens is 1. The number of halogens is 1. The Kier molecular flexibility index (Phi) is 4.87. The maximum Gasteiger partial charge on any atom is 0.298 e. The Morgan fingerprint density at radius 1 is 0.929 bits per heavy atom. The third-order valence-electron chi connectivity index (χ3n) is 4.65. The van der Waals surface area contributed by atoms with Crippen LogP contribution in [0.2, 0.25) is 5.02 Å². The van der Waals surface area contributed by atoms with Gasteiger partial charge in [-0.25, -0.2) is 4.90 Å². The molecule has 0 bridgehead atoms. The van der Waals surface area contributed by atoms with E-state index in [4.69, 9.17) is 11.6 Å². The Hall–Kier alpha value is -2.76. The summed E-state index contributed by atoms with van der Waals surface area (Å²) in [5.41, 5.74) is 4.52. The number of carbonyl (C=O) groups is 2. The van der Waals surface area contributed by atoms with Gasteiger partial charge in [0.15, 0.2) is 0 Å². The number of hydrogen-bond donors (Lipinski definition) is 0. The zero-order chi connectivity index (χ0) is 19.8. The Morgan fingerprint density at radius 2 is 1.61 bits per heavy atom. The molecule has 1 saturated heterocycles. The van der Waals surface area contributed by atoms with Gasteiger partial charge >= 0.3 is 0 Å². The molecule has 0 aliphatic carbocycles. The minimum absolute atomic E-state index is 0.283. The van der Waals surface area contributed by atoms with Gasteiger partial charge in [0.2, 0.25) is 0 Å². The van der Waals surface area contributed by atoms with Crippen molar-refractivity contribution >= 4 is 46.3 Å². The van der Waals surface area contributed by atoms with Crippen molar-refractivity contribution in [2.75, 3.05) is 4.90 Å². The average molecular weight is 409 g/mol. The van der Waals surface area contributed by atoms with Crippen molar-refractivity contribution < 1.29 is 9.59 Å². The van der Waals surface area contributed by atoms with Crippen LogP contribution in [0.1, 0.15) is 17.0 Å². The minimum Gasteiger partial charge on any atom is -0.318 e. The SMILES string of the molecule is Cc1cc(C=C2SC(=O)N(c3ccccc3)C2=O)c(C)n1-c1ccc(Cl)cc1. The van der Waals surface area contributed by atoms with E-state index in [9.17, 15) is 9.59 Å². The Bertz CT molecular complexity index is 1100. The first-order valence-electron chi connectivity index (χ1n) is 8.73. The molecule has 6 heteroatoms. The van der Waals surface area contributed by atoms with Gasteiger partial charge < -0.3 is 4.57 Å². The van der Waals surface area contributed by atoms with Crippen molar-refractivity contribution in [2.45, 2.75) is 13.8 Å². The highest BCUT2D eigenvalue weighted by Gasteiger charge is 2.36. The van der Waals surface area contributed by atoms with E-state index in [0.29, 0.717) is 15.6 Å². The van der Waals surface area contributed by atoms with Crippen LogP contribution in [0.3, 0.4) is 0 Å². The third-order valence-corrected chi connectivity index (χ3v) is 5.77. The molecule has 0 radical (unpaired) electrons. The maximum absolute atomic E-state index is 12.8. The molecule has 1 aromatic heterocycles. The van der Waals surface area contributed by atoms with E-state index in [1.807, 2.05) is 62.4 Å². The summed E-state index contributed by atoms with van der Waals surface area (Å²) in [6, 6.07) is 18.6. The van der Waals surface area contributed by atoms with Crippen LogP contribution in [0.5, 0.6) is 0 Å². The number of imide groups is 1. The first kappa shape index (κ1) is 18.6. The first-order valence-corrected chi connectivity index (χ1v) is 9.93. The molecule has 3 aromatic rings. The van der Waals surface area contributed by atoms with E-state index in [0.717, 1.165) is 34.4 Å². The monoisotopic (exact) mass is 408 g/mol. The van der Waals surface area contributed by atoms with Gasteiger partial charge in [-0.05, 0) is 79.7 Å². The van der Waals surface area contributed by atoms with Crippen molar-refractivity contribution in [3.63, 3.8) is 0 Å². The number of carbonyl (C=O) groups excluding carboxylic acids is 2. The predicted octanol–water partition coefficient (Wildman–Crippen LogP) is 5.99. The number of thioether (sulfide) groups is 1. The molecular weight excluding hydrogens is 392 g/mol. The average Bonchev–Trinajstić information content (AvgIpc) is 3.12. The van der Waals surface area contributed by atoms with Gasteiger partial charge in [0.25, 0.3) is 11.1 Å². The van der Waals surface area contributed by atoms with Crippen molar-refractivity contribution in [2.24, 2.45) is 0 Å². The van der Waals surface area contributed by atoms with Crippen LogP contribution in [0.4, 0.5) is 10.5 Å². The fraction of sp³-hybridized carbons (Fsp3) is 0.0909. The van der Waals surface area contributed by atoms with Crippen LogP contribution in [0.15, 0.2) is 65.6 Å². The molecular formula is C22H17ClN2O2S. The molecule has 1 aliphatic rings. The smallest absolute Gasteiger partial charge is 0.298 e. The molecule has 0 unspecified atom stereocenters. The predicted molar refractivity (Wildman–Crippen MR) is 115 cm³/mol. The van der Waals surface area contributed by atoms with Crippen LogP contribution in [0, 0.1) is 13.8 Å². The molecule has 0 N–H and O–H groups in total. The van der Waals surface area contributed by atoms with Crippen LogP contribution < -0.4 is 4.90 Å². The number of hydrogen-bond acceptors (Lipinski definition) is 3. The van der Waals surface area contributed by atoms with Crippen molar-refractivity contribution in [1.29, 1.82) is 0 Å². The number of aryl methyl sites for hydroxylation is 1. The number of para-hydroxylation sites is 1. The van der Waals surface area contributed by atoms with E-state index >= 15 is 0 Å². The van der Waals surface area contributed by atoms with Gasteiger partial charge in [0.1, 0.15) is 0 Å². The Balaban J connectivity index is 1.70. The van der Waals surface area contributed by atoms with Gasteiger partial charge in [-0.2, -0.15) is 0 Å². The number of amides is 2. The van der Waals surface area contributed by atoms with Gasteiger partial charge in [-0.3, -0.25) is 9.59 Å². The van der Waals surface area contributed by atoms with Crippen LogP contribution in [0.25, 0.3) is 11.8 Å². The first-order chi connectivity index (χ1) is 13.5. The summed E-state index contributed by atoms with van der Waals surface area (Å²) in [5.74, 6) is -0.294. The van der Waals surface area contributed by atoms with Crippen molar-refractivity contribution in [1.82, 2.24) is 4.57 Å². The summed E-state index contributed by atoms with van der Waals surface area (Å²) in [5, 5.41) is 0.398. The van der Waals surface area contributed by atoms with Gasteiger partial charge in [0, 0.05) is 22.1 Å². The Morgan fingerprint density at radius 3 is 2.29 bits per heavy atom. The highest BCUT2D eigenvalue weighted by molar-refractivity contribution is 8.19. The number of nitrogens with zero attached hydrogens (tertiary/aromatic N) is 2. The zero-order valence-corrected chi connectivity index (χ0v) is 16.9. The summed E-state index contributed by atoms with van der Waals surface area (Å²) in [7, 11) is 0. The molecule has 0 spiro atoms. The molecule has 1 fully saturated rings. The fourth-order valence-corrected chi connectivity index (χ4v) is 4.29. The molecule has 140 valence electrons. The van der Waals surface area contributed by atoms with E-state index in [-0.39, 0.29) is 11.1 Å². The molecule has 4 nitrogen and oxygen atoms in total. The fourth-order valence-electron chi connectivity index (χ4n) is 3.33. The Labute approximate surface area is 172 Å². The zero-order valence-electron chi connectivity index (χ0n) is 15.3. The van der Waals surface area contributed by atoms with Crippen LogP contribution >= 0.6 is 23.4 Å². The summed E-state index contributed by atoms with van der Waals surface area (Å²) < 4.78 is 2.10. The maximum atomic E-state index is 12.8. The second kappa shape index (κ2) is 7.34. The van der Waals surface area contributed by atoms with Crippen LogP contribution in [-0.2, 0) is 4.79 Å². The van der Waals surface area contributed by atoms with Crippen LogP contribution in [-0.4, -0.2) is 15.7 Å². The van der Waals surface area contributed by atoms with Crippen molar-refractivity contribution in [3.8, 4) is 5.69 Å². The molecule has 2 amide bonds. The van der Waals surface area contributed by atoms with Gasteiger partial charge in [-0.15, -0.1) is 0 Å². The van der Waals surface area contributed by atoms with E-state index in [1.54, 1.807) is 18.2 Å². The molecule has 2 aromatic carbocycles. The number of anilines is 1. The molecule has 0 atom stereocenters. The van der Waals surface area contributed by atoms with E-state index in [2.05, 4.69) is 4.57 Å². The summed E-state index contributed by atoms with van der Waals surface area (Å²) >= 11 is 6.96. The highest BCUT2D eigenvalue weighted by atomic mass is 35.5. The lowest BCUT2D eigenvalue weighted by Crippen LogP contribution is -2.27.